The number of benzene rings is 4. The number of hydrogen-bond acceptors (Lipinski definition) is 3. The maximum absolute atomic E-state index is 13.2. The molecular weight excluding hydrogens is 412 g/mol. The largest absolute Gasteiger partial charge is 0.351 e. The minimum Gasteiger partial charge on any atom is -0.351 e. The van der Waals surface area contributed by atoms with E-state index in [0.717, 1.165) is 32.8 Å². The lowest BCUT2D eigenvalue weighted by atomic mass is 9.90. The van der Waals surface area contributed by atoms with Crippen molar-refractivity contribution < 1.29 is 4.79 Å². The number of amides is 1. The molecular formula is C28H22N2OS. The summed E-state index contributed by atoms with van der Waals surface area (Å²) in [4.78, 5) is 17.9. The van der Waals surface area contributed by atoms with E-state index in [1.807, 2.05) is 78.9 Å². The zero-order chi connectivity index (χ0) is 21.8. The van der Waals surface area contributed by atoms with Crippen LogP contribution in [0.5, 0.6) is 0 Å². The molecule has 0 atom stereocenters. The van der Waals surface area contributed by atoms with Crippen LogP contribution in [0, 0.1) is 0 Å². The second-order valence-corrected chi connectivity index (χ2v) is 8.69. The molecule has 0 spiro atoms. The average molecular weight is 435 g/mol. The molecule has 0 fully saturated rings. The summed E-state index contributed by atoms with van der Waals surface area (Å²) in [5.74, 6) is -0.336. The number of rotatable bonds is 6. The molecule has 0 unspecified atom stereocenters. The predicted octanol–water partition coefficient (Wildman–Crippen LogP) is 6.41. The smallest absolute Gasteiger partial charge is 0.232 e. The predicted molar refractivity (Wildman–Crippen MR) is 132 cm³/mol. The van der Waals surface area contributed by atoms with Crippen molar-refractivity contribution in [2.24, 2.45) is 0 Å². The van der Waals surface area contributed by atoms with Crippen LogP contribution in [0.3, 0.4) is 0 Å². The second-order valence-electron chi connectivity index (χ2n) is 7.66. The first kappa shape index (κ1) is 20.2. The first-order valence-corrected chi connectivity index (χ1v) is 11.4. The fourth-order valence-electron chi connectivity index (χ4n) is 3.84. The molecule has 0 aliphatic rings. The molecule has 0 aliphatic carbocycles. The highest BCUT2D eigenvalue weighted by atomic mass is 32.1. The van der Waals surface area contributed by atoms with Gasteiger partial charge in [0.05, 0.1) is 16.1 Å². The SMILES string of the molecule is O=C(NCc1ccc(-c2nc3ccccc3s2)cc1)C(c1ccccc1)c1ccccc1. The number of para-hydroxylation sites is 1. The van der Waals surface area contributed by atoms with E-state index < -0.39 is 0 Å². The number of nitrogens with zero attached hydrogens (tertiary/aromatic N) is 1. The Balaban J connectivity index is 1.31. The summed E-state index contributed by atoms with van der Waals surface area (Å²) in [6, 6.07) is 36.3. The highest BCUT2D eigenvalue weighted by Gasteiger charge is 2.22. The van der Waals surface area contributed by atoms with Gasteiger partial charge >= 0.3 is 0 Å². The van der Waals surface area contributed by atoms with Gasteiger partial charge in [-0.3, -0.25) is 4.79 Å². The van der Waals surface area contributed by atoms with Gasteiger partial charge in [0.1, 0.15) is 5.01 Å². The van der Waals surface area contributed by atoms with E-state index >= 15 is 0 Å². The monoisotopic (exact) mass is 434 g/mol. The molecule has 0 saturated heterocycles. The fourth-order valence-corrected chi connectivity index (χ4v) is 4.81. The zero-order valence-corrected chi connectivity index (χ0v) is 18.3. The summed E-state index contributed by atoms with van der Waals surface area (Å²) in [5.41, 5.74) is 5.15. The topological polar surface area (TPSA) is 42.0 Å². The van der Waals surface area contributed by atoms with E-state index in [1.54, 1.807) is 11.3 Å². The van der Waals surface area contributed by atoms with E-state index in [0.29, 0.717) is 6.54 Å². The van der Waals surface area contributed by atoms with E-state index in [4.69, 9.17) is 4.98 Å². The first-order valence-electron chi connectivity index (χ1n) is 10.6. The Morgan fingerprint density at radius 3 is 1.97 bits per heavy atom. The zero-order valence-electron chi connectivity index (χ0n) is 17.4. The Hall–Kier alpha value is -3.76. The Bertz CT molecular complexity index is 1260. The number of carbonyl (C=O) groups is 1. The van der Waals surface area contributed by atoms with Crippen LogP contribution in [0.25, 0.3) is 20.8 Å². The van der Waals surface area contributed by atoms with Crippen molar-refractivity contribution in [3.8, 4) is 10.6 Å². The maximum Gasteiger partial charge on any atom is 0.232 e. The minimum atomic E-state index is -0.334. The molecule has 0 radical (unpaired) electrons. The number of nitrogens with one attached hydrogen (secondary N) is 1. The lowest BCUT2D eigenvalue weighted by Crippen LogP contribution is -2.29. The number of thiazole rings is 1. The van der Waals surface area contributed by atoms with Crippen LogP contribution < -0.4 is 5.32 Å². The number of aromatic nitrogens is 1. The third kappa shape index (κ3) is 4.32. The highest BCUT2D eigenvalue weighted by molar-refractivity contribution is 7.21. The van der Waals surface area contributed by atoms with Crippen molar-refractivity contribution in [1.29, 1.82) is 0 Å². The summed E-state index contributed by atoms with van der Waals surface area (Å²) in [7, 11) is 0. The highest BCUT2D eigenvalue weighted by Crippen LogP contribution is 2.30. The van der Waals surface area contributed by atoms with Gasteiger partial charge in [-0.15, -0.1) is 11.3 Å². The third-order valence-corrected chi connectivity index (χ3v) is 6.57. The summed E-state index contributed by atoms with van der Waals surface area (Å²) in [5, 5.41) is 4.13. The van der Waals surface area contributed by atoms with Crippen LogP contribution in [-0.2, 0) is 11.3 Å². The molecule has 0 bridgehead atoms. The minimum absolute atomic E-state index is 0.00218. The molecule has 1 N–H and O–H groups in total. The van der Waals surface area contributed by atoms with E-state index in [1.165, 1.54) is 4.70 Å². The maximum atomic E-state index is 13.2. The van der Waals surface area contributed by atoms with Gasteiger partial charge in [-0.1, -0.05) is 97.1 Å². The Morgan fingerprint density at radius 2 is 1.34 bits per heavy atom. The normalized spacial score (nSPS) is 11.0. The summed E-state index contributed by atoms with van der Waals surface area (Å²) >= 11 is 1.69. The molecule has 1 heterocycles. The van der Waals surface area contributed by atoms with Crippen LogP contribution in [0.4, 0.5) is 0 Å². The van der Waals surface area contributed by atoms with Gasteiger partial charge in [0, 0.05) is 12.1 Å². The van der Waals surface area contributed by atoms with Crippen molar-refractivity contribution in [3.05, 3.63) is 126 Å². The molecule has 0 aliphatic heterocycles. The Labute approximate surface area is 191 Å². The molecule has 3 nitrogen and oxygen atoms in total. The van der Waals surface area contributed by atoms with Gasteiger partial charge in [-0.05, 0) is 28.8 Å². The van der Waals surface area contributed by atoms with Gasteiger partial charge in [-0.2, -0.15) is 0 Å². The van der Waals surface area contributed by atoms with Gasteiger partial charge in [0.15, 0.2) is 0 Å². The number of fused-ring (bicyclic) bond motifs is 1. The van der Waals surface area contributed by atoms with Crippen LogP contribution in [0.15, 0.2) is 109 Å². The molecule has 32 heavy (non-hydrogen) atoms. The van der Waals surface area contributed by atoms with Crippen LogP contribution in [0.2, 0.25) is 0 Å². The summed E-state index contributed by atoms with van der Waals surface area (Å²) in [6.45, 7) is 0.481. The molecule has 1 aromatic heterocycles. The first-order chi connectivity index (χ1) is 15.8. The van der Waals surface area contributed by atoms with Gasteiger partial charge in [0.2, 0.25) is 5.91 Å². The average Bonchev–Trinajstić information content (AvgIpc) is 3.29. The van der Waals surface area contributed by atoms with Gasteiger partial charge < -0.3 is 5.32 Å². The number of carbonyl (C=O) groups excluding carboxylic acids is 1. The molecule has 1 amide bonds. The Kier molecular flexibility index (Phi) is 5.77. The van der Waals surface area contributed by atoms with E-state index in [2.05, 4.69) is 35.6 Å². The lowest BCUT2D eigenvalue weighted by molar-refractivity contribution is -0.121. The third-order valence-electron chi connectivity index (χ3n) is 5.49. The van der Waals surface area contributed by atoms with Crippen molar-refractivity contribution in [2.75, 3.05) is 0 Å². The van der Waals surface area contributed by atoms with Crippen LogP contribution in [-0.4, -0.2) is 10.9 Å². The van der Waals surface area contributed by atoms with E-state index in [-0.39, 0.29) is 11.8 Å². The molecule has 156 valence electrons. The molecule has 5 rings (SSSR count). The van der Waals surface area contributed by atoms with Crippen molar-refractivity contribution in [2.45, 2.75) is 12.5 Å². The van der Waals surface area contributed by atoms with Gasteiger partial charge in [0.25, 0.3) is 0 Å². The molecule has 0 saturated carbocycles. The standard InChI is InChI=1S/C28H22N2OS/c31-27(26(21-9-3-1-4-10-21)22-11-5-2-6-12-22)29-19-20-15-17-23(18-16-20)28-30-24-13-7-8-14-25(24)32-28/h1-18,26H,19H2,(H,29,31). The summed E-state index contributed by atoms with van der Waals surface area (Å²) in [6.07, 6.45) is 0. The second kappa shape index (κ2) is 9.16. The Morgan fingerprint density at radius 1 is 0.750 bits per heavy atom. The van der Waals surface area contributed by atoms with E-state index in [9.17, 15) is 4.79 Å². The van der Waals surface area contributed by atoms with Crippen molar-refractivity contribution in [3.63, 3.8) is 0 Å². The lowest BCUT2D eigenvalue weighted by Gasteiger charge is -2.18. The van der Waals surface area contributed by atoms with Crippen LogP contribution >= 0.6 is 11.3 Å². The molecule has 4 heteroatoms. The summed E-state index contributed by atoms with van der Waals surface area (Å²) < 4.78 is 1.19. The molecule has 5 aromatic rings. The van der Waals surface area contributed by atoms with Gasteiger partial charge in [-0.25, -0.2) is 4.98 Å². The van der Waals surface area contributed by atoms with Crippen molar-refractivity contribution in [1.82, 2.24) is 10.3 Å². The van der Waals surface area contributed by atoms with Crippen molar-refractivity contribution >= 4 is 27.5 Å². The fraction of sp³-hybridized carbons (Fsp3) is 0.0714. The molecule has 4 aromatic carbocycles. The number of hydrogen-bond donors (Lipinski definition) is 1. The quantitative estimate of drug-likeness (QED) is 0.335. The van der Waals surface area contributed by atoms with Crippen LogP contribution in [0.1, 0.15) is 22.6 Å².